The zero-order valence-electron chi connectivity index (χ0n) is 9.56. The van der Waals surface area contributed by atoms with Crippen molar-refractivity contribution in [3.8, 4) is 0 Å². The van der Waals surface area contributed by atoms with Gasteiger partial charge in [-0.2, -0.15) is 5.10 Å². The van der Waals surface area contributed by atoms with Crippen LogP contribution in [0.2, 0.25) is 10.0 Å². The Morgan fingerprint density at radius 1 is 1.37 bits per heavy atom. The van der Waals surface area contributed by atoms with Gasteiger partial charge in [0, 0.05) is 25.1 Å². The Balaban J connectivity index is 2.06. The summed E-state index contributed by atoms with van der Waals surface area (Å²) in [4.78, 5) is 14.1. The second-order valence-electron chi connectivity index (χ2n) is 3.65. The summed E-state index contributed by atoms with van der Waals surface area (Å²) in [5, 5.41) is 20.5. The molecule has 0 spiro atoms. The number of hydrogen-bond acceptors (Lipinski definition) is 5. The number of aromatic amines is 1. The second-order valence-corrected chi connectivity index (χ2v) is 4.46. The highest BCUT2D eigenvalue weighted by molar-refractivity contribution is 6.39. The van der Waals surface area contributed by atoms with Gasteiger partial charge in [0.15, 0.2) is 0 Å². The quantitative estimate of drug-likeness (QED) is 0.653. The van der Waals surface area contributed by atoms with Crippen LogP contribution >= 0.6 is 23.2 Å². The fourth-order valence-corrected chi connectivity index (χ4v) is 2.10. The molecule has 0 saturated heterocycles. The molecule has 0 aliphatic carbocycles. The van der Waals surface area contributed by atoms with Crippen LogP contribution < -0.4 is 5.32 Å². The van der Waals surface area contributed by atoms with Gasteiger partial charge in [-0.1, -0.05) is 23.2 Å². The van der Waals surface area contributed by atoms with Crippen LogP contribution in [0.25, 0.3) is 0 Å². The smallest absolute Gasteiger partial charge is 0.272 e. The lowest BCUT2D eigenvalue weighted by Gasteiger charge is -2.09. The van der Waals surface area contributed by atoms with Crippen LogP contribution in [0.15, 0.2) is 18.5 Å². The van der Waals surface area contributed by atoms with E-state index in [0.717, 1.165) is 5.82 Å². The lowest BCUT2D eigenvalue weighted by molar-refractivity contribution is -0.384. The molecule has 2 rings (SSSR count). The first-order valence-electron chi connectivity index (χ1n) is 5.29. The zero-order chi connectivity index (χ0) is 13.8. The summed E-state index contributed by atoms with van der Waals surface area (Å²) in [7, 11) is 0. The molecule has 0 aliphatic rings. The molecule has 0 bridgehead atoms. The van der Waals surface area contributed by atoms with E-state index in [1.807, 2.05) is 0 Å². The van der Waals surface area contributed by atoms with E-state index in [1.54, 1.807) is 0 Å². The fourth-order valence-electron chi connectivity index (χ4n) is 1.49. The molecule has 100 valence electrons. The van der Waals surface area contributed by atoms with Crippen molar-refractivity contribution in [1.29, 1.82) is 0 Å². The van der Waals surface area contributed by atoms with Gasteiger partial charge in [0.05, 0.1) is 20.7 Å². The van der Waals surface area contributed by atoms with Gasteiger partial charge in [-0.05, 0) is 0 Å². The SMILES string of the molecule is O=[N+]([O-])c1cc(Cl)c(NCCc2ncn[nH]2)c(Cl)c1. The lowest BCUT2D eigenvalue weighted by atomic mass is 10.2. The third kappa shape index (κ3) is 3.33. The number of benzene rings is 1. The van der Waals surface area contributed by atoms with Gasteiger partial charge in [0.25, 0.3) is 5.69 Å². The minimum absolute atomic E-state index is 0.143. The molecule has 0 saturated carbocycles. The van der Waals surface area contributed by atoms with E-state index in [4.69, 9.17) is 23.2 Å². The highest BCUT2D eigenvalue weighted by Gasteiger charge is 2.14. The maximum atomic E-state index is 10.6. The van der Waals surface area contributed by atoms with Crippen molar-refractivity contribution in [1.82, 2.24) is 15.2 Å². The van der Waals surface area contributed by atoms with E-state index in [1.165, 1.54) is 18.5 Å². The topological polar surface area (TPSA) is 96.7 Å². The number of halogens is 2. The molecular weight excluding hydrogens is 293 g/mol. The van der Waals surface area contributed by atoms with Crippen molar-refractivity contribution < 1.29 is 4.92 Å². The molecule has 0 atom stereocenters. The number of nitrogens with zero attached hydrogens (tertiary/aromatic N) is 3. The molecule has 1 aromatic carbocycles. The number of rotatable bonds is 5. The Hall–Kier alpha value is -1.86. The third-order valence-electron chi connectivity index (χ3n) is 2.37. The first-order valence-corrected chi connectivity index (χ1v) is 6.05. The number of anilines is 1. The summed E-state index contributed by atoms with van der Waals surface area (Å²) in [6.07, 6.45) is 2.02. The maximum absolute atomic E-state index is 10.6. The third-order valence-corrected chi connectivity index (χ3v) is 2.96. The van der Waals surface area contributed by atoms with Gasteiger partial charge in [-0.15, -0.1) is 0 Å². The van der Waals surface area contributed by atoms with E-state index in [-0.39, 0.29) is 15.7 Å². The predicted octanol–water partition coefficient (Wildman–Crippen LogP) is 2.67. The summed E-state index contributed by atoms with van der Waals surface area (Å²) in [6, 6.07) is 2.51. The molecule has 0 amide bonds. The first-order chi connectivity index (χ1) is 9.08. The molecule has 1 heterocycles. The van der Waals surface area contributed by atoms with Crippen LogP contribution in [-0.2, 0) is 6.42 Å². The average molecular weight is 302 g/mol. The number of nitro benzene ring substituents is 1. The number of nitro groups is 1. The molecule has 0 radical (unpaired) electrons. The number of non-ortho nitro benzene ring substituents is 1. The number of hydrogen-bond donors (Lipinski definition) is 2. The molecule has 1 aromatic heterocycles. The molecule has 2 N–H and O–H groups in total. The van der Waals surface area contributed by atoms with Gasteiger partial charge in [-0.25, -0.2) is 4.98 Å². The Bertz CT molecular complexity index is 565. The fraction of sp³-hybridized carbons (Fsp3) is 0.200. The Kier molecular flexibility index (Phi) is 4.18. The van der Waals surface area contributed by atoms with Crippen molar-refractivity contribution in [2.75, 3.05) is 11.9 Å². The molecule has 0 aliphatic heterocycles. The van der Waals surface area contributed by atoms with Crippen LogP contribution in [-0.4, -0.2) is 26.6 Å². The summed E-state index contributed by atoms with van der Waals surface area (Å²) in [5.41, 5.74) is 0.323. The van der Waals surface area contributed by atoms with E-state index in [2.05, 4.69) is 20.5 Å². The molecule has 7 nitrogen and oxygen atoms in total. The monoisotopic (exact) mass is 301 g/mol. The van der Waals surface area contributed by atoms with E-state index in [9.17, 15) is 10.1 Å². The van der Waals surface area contributed by atoms with Crippen LogP contribution in [0, 0.1) is 10.1 Å². The molecular formula is C10H9Cl2N5O2. The number of nitrogens with one attached hydrogen (secondary N) is 2. The van der Waals surface area contributed by atoms with Gasteiger partial charge in [0.1, 0.15) is 12.2 Å². The molecule has 2 aromatic rings. The Labute approximate surface area is 118 Å². The first kappa shape index (κ1) is 13.6. The van der Waals surface area contributed by atoms with Gasteiger partial charge in [-0.3, -0.25) is 15.2 Å². The molecule has 9 heteroatoms. The number of aromatic nitrogens is 3. The van der Waals surface area contributed by atoms with Crippen molar-refractivity contribution in [2.24, 2.45) is 0 Å². The van der Waals surface area contributed by atoms with E-state index >= 15 is 0 Å². The predicted molar refractivity (Wildman–Crippen MR) is 71.7 cm³/mol. The molecule has 0 fully saturated rings. The van der Waals surface area contributed by atoms with Gasteiger partial charge >= 0.3 is 0 Å². The summed E-state index contributed by atoms with van der Waals surface area (Å²) in [6.45, 7) is 0.520. The van der Waals surface area contributed by atoms with Crippen molar-refractivity contribution in [3.05, 3.63) is 44.4 Å². The zero-order valence-corrected chi connectivity index (χ0v) is 11.1. The minimum atomic E-state index is -0.546. The van der Waals surface area contributed by atoms with Crippen LogP contribution in [0.1, 0.15) is 5.82 Å². The largest absolute Gasteiger partial charge is 0.382 e. The van der Waals surface area contributed by atoms with Crippen LogP contribution in [0.4, 0.5) is 11.4 Å². The van der Waals surface area contributed by atoms with Crippen LogP contribution in [0.3, 0.4) is 0 Å². The van der Waals surface area contributed by atoms with E-state index in [0.29, 0.717) is 18.7 Å². The lowest BCUT2D eigenvalue weighted by Crippen LogP contribution is -2.07. The standard InChI is InChI=1S/C10H9Cl2N5O2/c11-7-3-6(17(18)19)4-8(12)10(7)13-2-1-9-14-5-15-16-9/h3-5,13H,1-2H2,(H,14,15,16). The summed E-state index contributed by atoms with van der Waals surface area (Å²) < 4.78 is 0. The van der Waals surface area contributed by atoms with Crippen molar-refractivity contribution >= 4 is 34.6 Å². The highest BCUT2D eigenvalue weighted by Crippen LogP contribution is 2.34. The minimum Gasteiger partial charge on any atom is -0.382 e. The van der Waals surface area contributed by atoms with Crippen molar-refractivity contribution in [2.45, 2.75) is 6.42 Å². The van der Waals surface area contributed by atoms with Crippen molar-refractivity contribution in [3.63, 3.8) is 0 Å². The molecule has 0 unspecified atom stereocenters. The summed E-state index contributed by atoms with van der Waals surface area (Å²) in [5.74, 6) is 0.724. The second kappa shape index (κ2) is 5.85. The van der Waals surface area contributed by atoms with E-state index < -0.39 is 4.92 Å². The average Bonchev–Trinajstić information content (AvgIpc) is 2.85. The normalized spacial score (nSPS) is 10.4. The Morgan fingerprint density at radius 2 is 2.05 bits per heavy atom. The Morgan fingerprint density at radius 3 is 2.58 bits per heavy atom. The summed E-state index contributed by atoms with van der Waals surface area (Å²) >= 11 is 11.9. The maximum Gasteiger partial charge on any atom is 0.272 e. The molecule has 19 heavy (non-hydrogen) atoms. The van der Waals surface area contributed by atoms with Gasteiger partial charge < -0.3 is 5.32 Å². The number of H-pyrrole nitrogens is 1. The van der Waals surface area contributed by atoms with Crippen LogP contribution in [0.5, 0.6) is 0 Å². The highest BCUT2D eigenvalue weighted by atomic mass is 35.5. The van der Waals surface area contributed by atoms with Gasteiger partial charge in [0.2, 0.25) is 0 Å².